The average Bonchev–Trinajstić information content (AvgIpc) is 3.14. The van der Waals surface area contributed by atoms with Crippen LogP contribution in [0.1, 0.15) is 44.1 Å². The number of carbonyl (C=O) groups excluding carboxylic acids is 1. The largest absolute Gasteiger partial charge is 1.00 e. The molecule has 0 spiro atoms. The third kappa shape index (κ3) is 15.0. The number of ether oxygens (including phenoxy) is 1. The molecule has 1 aromatic carbocycles. The van der Waals surface area contributed by atoms with E-state index >= 15 is 0 Å². The SMILES string of the molecule is CC(C)(C)OC(=O)NCc1cnc(-c2ccc(CCCCOS(C)(=O)=O)cc2)s1.[N-]=[N+]=[N-].[Na+]. The van der Waals surface area contributed by atoms with Gasteiger partial charge in [0.1, 0.15) is 10.6 Å². The molecule has 0 bridgehead atoms. The average molecular weight is 506 g/mol. The van der Waals surface area contributed by atoms with Gasteiger partial charge in [0.15, 0.2) is 0 Å². The molecule has 0 saturated heterocycles. The fourth-order valence-electron chi connectivity index (χ4n) is 2.45. The third-order valence-electron chi connectivity index (χ3n) is 3.72. The molecule has 2 rings (SSSR count). The van der Waals surface area contributed by atoms with Gasteiger partial charge in [0.25, 0.3) is 10.1 Å². The first-order chi connectivity index (χ1) is 14.9. The van der Waals surface area contributed by atoms with Crippen molar-refractivity contribution in [2.75, 3.05) is 12.9 Å². The number of amides is 1. The number of nitrogens with one attached hydrogen (secondary N) is 1. The van der Waals surface area contributed by atoms with Crippen molar-refractivity contribution in [3.8, 4) is 10.6 Å². The van der Waals surface area contributed by atoms with Crippen LogP contribution in [0.2, 0.25) is 0 Å². The topological polar surface area (TPSA) is 153 Å². The summed E-state index contributed by atoms with van der Waals surface area (Å²) in [4.78, 5) is 18.6. The molecule has 0 aliphatic heterocycles. The molecule has 10 nitrogen and oxygen atoms in total. The van der Waals surface area contributed by atoms with E-state index in [9.17, 15) is 13.2 Å². The van der Waals surface area contributed by atoms with E-state index in [1.54, 1.807) is 6.20 Å². The second-order valence-electron chi connectivity index (χ2n) is 7.76. The first-order valence-corrected chi connectivity index (χ1v) is 12.4. The number of aromatic nitrogens is 1. The Morgan fingerprint density at radius 3 is 2.33 bits per heavy atom. The van der Waals surface area contributed by atoms with Crippen molar-refractivity contribution in [2.24, 2.45) is 0 Å². The van der Waals surface area contributed by atoms with Crippen LogP contribution in [0.4, 0.5) is 4.79 Å². The van der Waals surface area contributed by atoms with E-state index in [1.165, 1.54) is 21.8 Å². The maximum Gasteiger partial charge on any atom is 1.00 e. The summed E-state index contributed by atoms with van der Waals surface area (Å²) in [6, 6.07) is 8.14. The molecule has 0 saturated carbocycles. The monoisotopic (exact) mass is 505 g/mol. The number of nitrogens with zero attached hydrogens (tertiary/aromatic N) is 4. The van der Waals surface area contributed by atoms with Crippen molar-refractivity contribution in [3.63, 3.8) is 0 Å². The Morgan fingerprint density at radius 2 is 1.79 bits per heavy atom. The molecule has 176 valence electrons. The van der Waals surface area contributed by atoms with E-state index in [0.29, 0.717) is 13.0 Å². The Hall–Kier alpha value is -1.66. The Bertz CT molecular complexity index is 999. The number of aryl methyl sites for hydroxylation is 1. The number of unbranched alkanes of at least 4 members (excludes halogenated alkanes) is 1. The number of benzene rings is 1. The van der Waals surface area contributed by atoms with Crippen LogP contribution in [0.25, 0.3) is 26.5 Å². The molecule has 1 N–H and O–H groups in total. The molecule has 2 aromatic rings. The second-order valence-corrected chi connectivity index (χ2v) is 10.5. The molecular weight excluding hydrogens is 477 g/mol. The van der Waals surface area contributed by atoms with E-state index in [4.69, 9.17) is 20.0 Å². The van der Waals surface area contributed by atoms with Crippen molar-refractivity contribution in [2.45, 2.75) is 52.2 Å². The molecular formula is C20H28N5NaO5S2. The molecule has 0 atom stereocenters. The van der Waals surface area contributed by atoms with Gasteiger partial charge >= 0.3 is 35.7 Å². The minimum absolute atomic E-state index is 0. The van der Waals surface area contributed by atoms with Crippen LogP contribution in [0.15, 0.2) is 30.5 Å². The number of alkyl carbamates (subject to hydrolysis) is 1. The molecule has 33 heavy (non-hydrogen) atoms. The molecule has 0 aliphatic rings. The van der Waals surface area contributed by atoms with Gasteiger partial charge in [0.2, 0.25) is 0 Å². The summed E-state index contributed by atoms with van der Waals surface area (Å²) in [5, 5.41) is 3.62. The van der Waals surface area contributed by atoms with Crippen molar-refractivity contribution < 1.29 is 51.7 Å². The predicted molar refractivity (Wildman–Crippen MR) is 124 cm³/mol. The smallest absolute Gasteiger partial charge is 0.444 e. The molecule has 0 fully saturated rings. The zero-order valence-electron chi connectivity index (χ0n) is 19.6. The first-order valence-electron chi connectivity index (χ1n) is 9.77. The van der Waals surface area contributed by atoms with E-state index in [2.05, 4.69) is 10.3 Å². The van der Waals surface area contributed by atoms with Gasteiger partial charge in [0.05, 0.1) is 19.4 Å². The molecule has 0 unspecified atom stereocenters. The van der Waals surface area contributed by atoms with Crippen molar-refractivity contribution >= 4 is 27.5 Å². The van der Waals surface area contributed by atoms with Crippen molar-refractivity contribution in [1.82, 2.24) is 10.3 Å². The summed E-state index contributed by atoms with van der Waals surface area (Å²) < 4.78 is 31.8. The molecule has 1 heterocycles. The summed E-state index contributed by atoms with van der Waals surface area (Å²) >= 11 is 1.52. The van der Waals surface area contributed by atoms with E-state index in [1.807, 2.05) is 45.0 Å². The second kappa shape index (κ2) is 15.3. The quantitative estimate of drug-likeness (QED) is 0.137. The van der Waals surface area contributed by atoms with Crippen LogP contribution in [-0.2, 0) is 32.0 Å². The Labute approximate surface area is 220 Å². The number of hydrogen-bond acceptors (Lipinski definition) is 7. The van der Waals surface area contributed by atoms with Gasteiger partial charge in [-0.25, -0.2) is 9.78 Å². The summed E-state index contributed by atoms with van der Waals surface area (Å²) in [6.07, 6.45) is 4.77. The van der Waals surface area contributed by atoms with Crippen LogP contribution in [0, 0.1) is 0 Å². The minimum atomic E-state index is -3.36. The molecule has 1 aromatic heterocycles. The van der Waals surface area contributed by atoms with Gasteiger partial charge in [-0.2, -0.15) is 8.42 Å². The van der Waals surface area contributed by atoms with E-state index < -0.39 is 21.8 Å². The summed E-state index contributed by atoms with van der Waals surface area (Å²) in [6.45, 7) is 6.07. The zero-order chi connectivity index (χ0) is 24.2. The molecule has 0 radical (unpaired) electrons. The van der Waals surface area contributed by atoms with Gasteiger partial charge in [-0.1, -0.05) is 24.3 Å². The van der Waals surface area contributed by atoms with Gasteiger partial charge in [-0.3, -0.25) is 9.09 Å². The fourth-order valence-corrected chi connectivity index (χ4v) is 3.73. The number of rotatable bonds is 9. The number of carbonyl (C=O) groups is 1. The Kier molecular flexibility index (Phi) is 14.5. The Balaban J connectivity index is 0.00000242. The fraction of sp³-hybridized carbons (Fsp3) is 0.500. The van der Waals surface area contributed by atoms with Crippen LogP contribution in [0.5, 0.6) is 0 Å². The minimum Gasteiger partial charge on any atom is -0.444 e. The maximum absolute atomic E-state index is 11.7. The summed E-state index contributed by atoms with van der Waals surface area (Å²) in [7, 11) is -3.36. The van der Waals surface area contributed by atoms with E-state index in [0.717, 1.165) is 34.5 Å². The Morgan fingerprint density at radius 1 is 1.18 bits per heavy atom. The first kappa shape index (κ1) is 31.3. The summed E-state index contributed by atoms with van der Waals surface area (Å²) in [5.74, 6) is 0. The van der Waals surface area contributed by atoms with Gasteiger partial charge in [-0.05, 0) is 45.6 Å². The maximum atomic E-state index is 11.7. The van der Waals surface area contributed by atoms with Crippen LogP contribution in [0.3, 0.4) is 0 Å². The van der Waals surface area contributed by atoms with Gasteiger partial charge in [0, 0.05) is 16.6 Å². The van der Waals surface area contributed by atoms with E-state index in [-0.39, 0.29) is 36.2 Å². The van der Waals surface area contributed by atoms with Crippen molar-refractivity contribution in [3.05, 3.63) is 56.9 Å². The van der Waals surface area contributed by atoms with Crippen molar-refractivity contribution in [1.29, 1.82) is 0 Å². The van der Waals surface area contributed by atoms with Crippen LogP contribution in [-0.4, -0.2) is 38.0 Å². The third-order valence-corrected chi connectivity index (χ3v) is 5.36. The molecule has 0 aliphatic carbocycles. The normalized spacial score (nSPS) is 10.8. The predicted octanol–water partition coefficient (Wildman–Crippen LogP) is 2.00. The number of thiazole rings is 1. The van der Waals surface area contributed by atoms with Crippen LogP contribution < -0.4 is 34.9 Å². The standard InChI is InChI=1S/C20H28N2O5S2.N3.Na/c1-20(2,3)27-19(23)22-14-17-13-21-18(28-17)16-10-8-15(9-11-16)7-5-6-12-26-29(4,24)25;1-3-2;/h8-11,13H,5-7,12,14H2,1-4H3,(H,22,23);;/q;-1;+1. The number of hydrogen-bond donors (Lipinski definition) is 1. The van der Waals surface area contributed by atoms with Gasteiger partial charge in [-0.15, -0.1) is 11.3 Å². The zero-order valence-corrected chi connectivity index (χ0v) is 23.2. The van der Waals surface area contributed by atoms with Gasteiger partial charge < -0.3 is 21.1 Å². The molecule has 1 amide bonds. The van der Waals surface area contributed by atoms with Crippen LogP contribution >= 0.6 is 11.3 Å². The molecule has 13 heteroatoms. The summed E-state index contributed by atoms with van der Waals surface area (Å²) in [5.41, 5.74) is 15.2.